The molecular formula is C15H23NO. The SMILES string of the molecule is Cc1ccccc1C(C)(N)CC1CCOCC1. The van der Waals surface area contributed by atoms with Crippen molar-refractivity contribution in [1.29, 1.82) is 0 Å². The van der Waals surface area contributed by atoms with Crippen LogP contribution in [0.1, 0.15) is 37.3 Å². The van der Waals surface area contributed by atoms with Crippen LogP contribution in [0.25, 0.3) is 0 Å². The first-order valence-electron chi connectivity index (χ1n) is 6.52. The lowest BCUT2D eigenvalue weighted by molar-refractivity contribution is 0.0570. The highest BCUT2D eigenvalue weighted by Crippen LogP contribution is 2.31. The molecular weight excluding hydrogens is 210 g/mol. The van der Waals surface area contributed by atoms with Crippen molar-refractivity contribution < 1.29 is 4.74 Å². The lowest BCUT2D eigenvalue weighted by Gasteiger charge is -2.33. The van der Waals surface area contributed by atoms with E-state index in [1.54, 1.807) is 0 Å². The second kappa shape index (κ2) is 5.19. The summed E-state index contributed by atoms with van der Waals surface area (Å²) in [6, 6.07) is 8.46. The summed E-state index contributed by atoms with van der Waals surface area (Å²) in [6.45, 7) is 6.10. The average Bonchev–Trinajstić information content (AvgIpc) is 2.30. The van der Waals surface area contributed by atoms with Gasteiger partial charge >= 0.3 is 0 Å². The highest BCUT2D eigenvalue weighted by atomic mass is 16.5. The first-order chi connectivity index (χ1) is 8.09. The van der Waals surface area contributed by atoms with Gasteiger partial charge in [-0.3, -0.25) is 0 Å². The molecule has 1 aliphatic rings. The fourth-order valence-corrected chi connectivity index (χ4v) is 2.87. The summed E-state index contributed by atoms with van der Waals surface area (Å²) in [5.41, 5.74) is 8.89. The van der Waals surface area contributed by atoms with Gasteiger partial charge < -0.3 is 10.5 Å². The van der Waals surface area contributed by atoms with Gasteiger partial charge in [-0.05, 0) is 50.2 Å². The van der Waals surface area contributed by atoms with E-state index in [2.05, 4.69) is 38.1 Å². The quantitative estimate of drug-likeness (QED) is 0.871. The summed E-state index contributed by atoms with van der Waals surface area (Å²) < 4.78 is 5.40. The first-order valence-corrected chi connectivity index (χ1v) is 6.52. The van der Waals surface area contributed by atoms with Crippen LogP contribution in [-0.4, -0.2) is 13.2 Å². The number of rotatable bonds is 3. The molecule has 0 saturated carbocycles. The van der Waals surface area contributed by atoms with E-state index in [0.717, 1.165) is 32.5 Å². The minimum atomic E-state index is -0.215. The van der Waals surface area contributed by atoms with E-state index in [1.807, 2.05) is 0 Å². The van der Waals surface area contributed by atoms with Crippen molar-refractivity contribution in [3.63, 3.8) is 0 Å². The summed E-state index contributed by atoms with van der Waals surface area (Å²) in [4.78, 5) is 0. The Morgan fingerprint density at radius 1 is 1.29 bits per heavy atom. The summed E-state index contributed by atoms with van der Waals surface area (Å²) in [5, 5.41) is 0. The zero-order valence-corrected chi connectivity index (χ0v) is 10.9. The molecule has 0 aliphatic carbocycles. The molecule has 1 fully saturated rings. The van der Waals surface area contributed by atoms with Crippen molar-refractivity contribution in [3.8, 4) is 0 Å². The molecule has 17 heavy (non-hydrogen) atoms. The fraction of sp³-hybridized carbons (Fsp3) is 0.600. The summed E-state index contributed by atoms with van der Waals surface area (Å²) in [6.07, 6.45) is 3.36. The number of hydrogen-bond donors (Lipinski definition) is 1. The minimum absolute atomic E-state index is 0.215. The number of aryl methyl sites for hydroxylation is 1. The predicted molar refractivity (Wildman–Crippen MR) is 70.9 cm³/mol. The standard InChI is InChI=1S/C15H23NO/c1-12-5-3-4-6-14(12)15(2,16)11-13-7-9-17-10-8-13/h3-6,13H,7-11,16H2,1-2H3. The Kier molecular flexibility index (Phi) is 3.85. The van der Waals surface area contributed by atoms with Gasteiger partial charge in [0.15, 0.2) is 0 Å². The van der Waals surface area contributed by atoms with Gasteiger partial charge in [-0.15, -0.1) is 0 Å². The molecule has 1 saturated heterocycles. The second-order valence-corrected chi connectivity index (χ2v) is 5.49. The number of benzene rings is 1. The first kappa shape index (κ1) is 12.6. The summed E-state index contributed by atoms with van der Waals surface area (Å²) in [5.74, 6) is 0.707. The van der Waals surface area contributed by atoms with Crippen molar-refractivity contribution in [3.05, 3.63) is 35.4 Å². The highest BCUT2D eigenvalue weighted by Gasteiger charge is 2.27. The van der Waals surface area contributed by atoms with Crippen LogP contribution in [0.3, 0.4) is 0 Å². The maximum absolute atomic E-state index is 6.53. The van der Waals surface area contributed by atoms with E-state index >= 15 is 0 Å². The molecule has 1 aromatic rings. The van der Waals surface area contributed by atoms with Crippen molar-refractivity contribution in [2.75, 3.05) is 13.2 Å². The van der Waals surface area contributed by atoms with Crippen LogP contribution in [0.2, 0.25) is 0 Å². The molecule has 0 amide bonds. The number of nitrogens with two attached hydrogens (primary N) is 1. The third-order valence-electron chi connectivity index (χ3n) is 3.81. The van der Waals surface area contributed by atoms with E-state index in [-0.39, 0.29) is 5.54 Å². The highest BCUT2D eigenvalue weighted by molar-refractivity contribution is 5.31. The molecule has 2 nitrogen and oxygen atoms in total. The Bertz CT molecular complexity index is 367. The fourth-order valence-electron chi connectivity index (χ4n) is 2.87. The van der Waals surface area contributed by atoms with Gasteiger partial charge in [-0.1, -0.05) is 24.3 Å². The molecule has 0 aromatic heterocycles. The van der Waals surface area contributed by atoms with E-state index in [4.69, 9.17) is 10.5 Å². The monoisotopic (exact) mass is 233 g/mol. The Hall–Kier alpha value is -0.860. The molecule has 0 radical (unpaired) electrons. The zero-order chi connectivity index (χ0) is 12.3. The Morgan fingerprint density at radius 2 is 1.94 bits per heavy atom. The minimum Gasteiger partial charge on any atom is -0.381 e. The van der Waals surface area contributed by atoms with Crippen LogP contribution in [0.5, 0.6) is 0 Å². The molecule has 0 spiro atoms. The van der Waals surface area contributed by atoms with Crippen LogP contribution in [0.15, 0.2) is 24.3 Å². The number of hydrogen-bond acceptors (Lipinski definition) is 2. The molecule has 94 valence electrons. The molecule has 1 aromatic carbocycles. The second-order valence-electron chi connectivity index (χ2n) is 5.49. The van der Waals surface area contributed by atoms with Crippen molar-refractivity contribution >= 4 is 0 Å². The maximum Gasteiger partial charge on any atom is 0.0468 e. The third kappa shape index (κ3) is 3.08. The third-order valence-corrected chi connectivity index (χ3v) is 3.81. The average molecular weight is 233 g/mol. The van der Waals surface area contributed by atoms with Crippen molar-refractivity contribution in [2.24, 2.45) is 11.7 Å². The molecule has 2 N–H and O–H groups in total. The van der Waals surface area contributed by atoms with Crippen LogP contribution >= 0.6 is 0 Å². The molecule has 1 unspecified atom stereocenters. The van der Waals surface area contributed by atoms with E-state index in [9.17, 15) is 0 Å². The smallest absolute Gasteiger partial charge is 0.0468 e. The Labute approximate surface area is 104 Å². The topological polar surface area (TPSA) is 35.2 Å². The molecule has 1 heterocycles. The maximum atomic E-state index is 6.53. The summed E-state index contributed by atoms with van der Waals surface area (Å²) >= 11 is 0. The molecule has 2 heteroatoms. The Balaban J connectivity index is 2.10. The van der Waals surface area contributed by atoms with Crippen LogP contribution in [0, 0.1) is 12.8 Å². The van der Waals surface area contributed by atoms with Crippen LogP contribution < -0.4 is 5.73 Å². The zero-order valence-electron chi connectivity index (χ0n) is 10.9. The molecule has 2 rings (SSSR count). The number of ether oxygens (including phenoxy) is 1. The summed E-state index contributed by atoms with van der Waals surface area (Å²) in [7, 11) is 0. The van der Waals surface area contributed by atoms with Gasteiger partial charge in [0, 0.05) is 18.8 Å². The predicted octanol–water partition coefficient (Wildman–Crippen LogP) is 2.99. The van der Waals surface area contributed by atoms with Crippen molar-refractivity contribution in [2.45, 2.75) is 38.6 Å². The van der Waals surface area contributed by atoms with Gasteiger partial charge in [0.1, 0.15) is 0 Å². The van der Waals surface area contributed by atoms with Gasteiger partial charge in [-0.2, -0.15) is 0 Å². The van der Waals surface area contributed by atoms with Gasteiger partial charge in [0.25, 0.3) is 0 Å². The van der Waals surface area contributed by atoms with Crippen LogP contribution in [-0.2, 0) is 10.3 Å². The van der Waals surface area contributed by atoms with Gasteiger partial charge in [0.2, 0.25) is 0 Å². The lowest BCUT2D eigenvalue weighted by atomic mass is 9.79. The normalized spacial score (nSPS) is 21.1. The molecule has 0 bridgehead atoms. The Morgan fingerprint density at radius 3 is 2.59 bits per heavy atom. The molecule has 1 aliphatic heterocycles. The van der Waals surface area contributed by atoms with Gasteiger partial charge in [0.05, 0.1) is 0 Å². The lowest BCUT2D eigenvalue weighted by Crippen LogP contribution is -2.37. The van der Waals surface area contributed by atoms with E-state index in [1.165, 1.54) is 11.1 Å². The van der Waals surface area contributed by atoms with E-state index in [0.29, 0.717) is 5.92 Å². The van der Waals surface area contributed by atoms with Crippen molar-refractivity contribution in [1.82, 2.24) is 0 Å². The largest absolute Gasteiger partial charge is 0.381 e. The molecule has 1 atom stereocenters. The van der Waals surface area contributed by atoms with Crippen LogP contribution in [0.4, 0.5) is 0 Å². The van der Waals surface area contributed by atoms with Gasteiger partial charge in [-0.25, -0.2) is 0 Å². The van der Waals surface area contributed by atoms with E-state index < -0.39 is 0 Å².